The van der Waals surface area contributed by atoms with Gasteiger partial charge in [-0.1, -0.05) is 48.0 Å². The predicted molar refractivity (Wildman–Crippen MR) is 99.7 cm³/mol. The third-order valence-corrected chi connectivity index (χ3v) is 3.92. The van der Waals surface area contributed by atoms with E-state index in [2.05, 4.69) is 46.5 Å². The monoisotopic (exact) mass is 332 g/mol. The van der Waals surface area contributed by atoms with Gasteiger partial charge in [0.2, 0.25) is 5.95 Å². The molecule has 1 aromatic heterocycles. The van der Waals surface area contributed by atoms with Crippen molar-refractivity contribution in [3.63, 3.8) is 0 Å². The normalized spacial score (nSPS) is 10.3. The molecule has 0 radical (unpaired) electrons. The molecule has 2 aromatic carbocycles. The van der Waals surface area contributed by atoms with Gasteiger partial charge < -0.3 is 10.2 Å². The van der Waals surface area contributed by atoms with Crippen LogP contribution >= 0.6 is 0 Å². The largest absolute Gasteiger partial charge is 0.350 e. The predicted octanol–water partition coefficient (Wildman–Crippen LogP) is 3.67. The van der Waals surface area contributed by atoms with E-state index in [-0.39, 0.29) is 5.91 Å². The highest BCUT2D eigenvalue weighted by molar-refractivity contribution is 6.05. The fourth-order valence-electron chi connectivity index (χ4n) is 2.38. The number of nitrogens with zero attached hydrogens (tertiary/aromatic N) is 3. The lowest BCUT2D eigenvalue weighted by molar-refractivity contribution is 0.0992. The molecule has 0 fully saturated rings. The van der Waals surface area contributed by atoms with Gasteiger partial charge in [0.25, 0.3) is 5.91 Å². The van der Waals surface area contributed by atoms with Gasteiger partial charge in [0.1, 0.15) is 0 Å². The van der Waals surface area contributed by atoms with E-state index in [0.29, 0.717) is 18.1 Å². The number of amides is 1. The first-order valence-electron chi connectivity index (χ1n) is 8.08. The molecule has 5 nitrogen and oxygen atoms in total. The van der Waals surface area contributed by atoms with Crippen molar-refractivity contribution in [3.8, 4) is 0 Å². The summed E-state index contributed by atoms with van der Waals surface area (Å²) in [4.78, 5) is 22.6. The molecule has 3 rings (SSSR count). The molecule has 1 N–H and O–H groups in total. The summed E-state index contributed by atoms with van der Waals surface area (Å²) < 4.78 is 0. The number of carbonyl (C=O) groups excluding carboxylic acids is 1. The number of rotatable bonds is 5. The first kappa shape index (κ1) is 16.6. The van der Waals surface area contributed by atoms with Crippen LogP contribution in [0.4, 0.5) is 11.6 Å². The Morgan fingerprint density at radius 2 is 1.64 bits per heavy atom. The summed E-state index contributed by atoms with van der Waals surface area (Å²) in [7, 11) is 1.74. The van der Waals surface area contributed by atoms with Crippen LogP contribution < -0.4 is 10.2 Å². The van der Waals surface area contributed by atoms with Crippen LogP contribution in [-0.2, 0) is 6.54 Å². The molecule has 1 heterocycles. The Balaban J connectivity index is 1.63. The maximum Gasteiger partial charge on any atom is 0.261 e. The first-order valence-corrected chi connectivity index (χ1v) is 8.08. The highest BCUT2D eigenvalue weighted by Crippen LogP contribution is 2.14. The van der Waals surface area contributed by atoms with E-state index in [1.807, 2.05) is 30.3 Å². The number of aryl methyl sites for hydroxylation is 1. The number of nitrogens with one attached hydrogen (secondary N) is 1. The maximum atomic E-state index is 12.5. The van der Waals surface area contributed by atoms with Crippen molar-refractivity contribution < 1.29 is 4.79 Å². The SMILES string of the molecule is Cc1ccc(CNc2ncc(C(=O)N(C)c3ccccc3)cn2)cc1. The Hall–Kier alpha value is -3.21. The van der Waals surface area contributed by atoms with Gasteiger partial charge in [0, 0.05) is 31.7 Å². The maximum absolute atomic E-state index is 12.5. The van der Waals surface area contributed by atoms with Gasteiger partial charge in [-0.2, -0.15) is 0 Å². The molecule has 0 aliphatic heterocycles. The lowest BCUT2D eigenvalue weighted by Crippen LogP contribution is -2.26. The minimum atomic E-state index is -0.142. The van der Waals surface area contributed by atoms with E-state index in [1.165, 1.54) is 5.56 Å². The molecule has 0 saturated carbocycles. The number of benzene rings is 2. The zero-order valence-electron chi connectivity index (χ0n) is 14.3. The number of anilines is 2. The van der Waals surface area contributed by atoms with Crippen LogP contribution in [0.2, 0.25) is 0 Å². The molecular formula is C20H20N4O. The Kier molecular flexibility index (Phi) is 5.04. The minimum absolute atomic E-state index is 0.142. The molecule has 0 atom stereocenters. The van der Waals surface area contributed by atoms with Gasteiger partial charge in [0.05, 0.1) is 5.56 Å². The molecule has 0 aliphatic carbocycles. The summed E-state index contributed by atoms with van der Waals surface area (Å²) in [5.41, 5.74) is 3.66. The molecule has 0 aliphatic rings. The van der Waals surface area contributed by atoms with Gasteiger partial charge >= 0.3 is 0 Å². The van der Waals surface area contributed by atoms with E-state index in [1.54, 1.807) is 24.3 Å². The highest BCUT2D eigenvalue weighted by Gasteiger charge is 2.14. The second-order valence-electron chi connectivity index (χ2n) is 5.83. The van der Waals surface area contributed by atoms with Crippen LogP contribution in [0.1, 0.15) is 21.5 Å². The summed E-state index contributed by atoms with van der Waals surface area (Å²) in [6.45, 7) is 2.69. The lowest BCUT2D eigenvalue weighted by Gasteiger charge is -2.17. The van der Waals surface area contributed by atoms with Crippen LogP contribution in [0.5, 0.6) is 0 Å². The molecule has 0 saturated heterocycles. The van der Waals surface area contributed by atoms with Gasteiger partial charge in [-0.3, -0.25) is 4.79 Å². The van der Waals surface area contributed by atoms with Crippen molar-refractivity contribution in [3.05, 3.63) is 83.7 Å². The fraction of sp³-hybridized carbons (Fsp3) is 0.150. The standard InChI is InChI=1S/C20H20N4O/c1-15-8-10-16(11-9-15)12-21-20-22-13-17(14-23-20)19(25)24(2)18-6-4-3-5-7-18/h3-11,13-14H,12H2,1-2H3,(H,21,22,23). The van der Waals surface area contributed by atoms with E-state index in [9.17, 15) is 4.79 Å². The fourth-order valence-corrected chi connectivity index (χ4v) is 2.38. The van der Waals surface area contributed by atoms with Gasteiger partial charge in [-0.15, -0.1) is 0 Å². The van der Waals surface area contributed by atoms with E-state index in [4.69, 9.17) is 0 Å². The molecule has 5 heteroatoms. The van der Waals surface area contributed by atoms with Crippen molar-refractivity contribution in [2.45, 2.75) is 13.5 Å². The molecular weight excluding hydrogens is 312 g/mol. The quantitative estimate of drug-likeness (QED) is 0.774. The van der Waals surface area contributed by atoms with Crippen molar-refractivity contribution in [1.82, 2.24) is 9.97 Å². The van der Waals surface area contributed by atoms with Crippen LogP contribution in [0, 0.1) is 6.92 Å². The van der Waals surface area contributed by atoms with E-state index in [0.717, 1.165) is 11.3 Å². The van der Waals surface area contributed by atoms with Crippen molar-refractivity contribution in [2.24, 2.45) is 0 Å². The third kappa shape index (κ3) is 4.20. The van der Waals surface area contributed by atoms with Crippen LogP contribution in [0.25, 0.3) is 0 Å². The zero-order chi connectivity index (χ0) is 17.6. The van der Waals surface area contributed by atoms with Crippen LogP contribution in [0.15, 0.2) is 67.0 Å². The van der Waals surface area contributed by atoms with Crippen molar-refractivity contribution in [2.75, 3.05) is 17.3 Å². The number of aromatic nitrogens is 2. The zero-order valence-corrected chi connectivity index (χ0v) is 14.3. The Labute approximate surface area is 147 Å². The van der Waals surface area contributed by atoms with Crippen molar-refractivity contribution >= 4 is 17.5 Å². The Morgan fingerprint density at radius 3 is 2.28 bits per heavy atom. The smallest absolute Gasteiger partial charge is 0.261 e. The third-order valence-electron chi connectivity index (χ3n) is 3.92. The average molecular weight is 332 g/mol. The lowest BCUT2D eigenvalue weighted by atomic mass is 10.1. The number of para-hydroxylation sites is 1. The number of hydrogen-bond acceptors (Lipinski definition) is 4. The topological polar surface area (TPSA) is 58.1 Å². The van der Waals surface area contributed by atoms with E-state index < -0.39 is 0 Å². The number of hydrogen-bond donors (Lipinski definition) is 1. The molecule has 126 valence electrons. The molecule has 0 bridgehead atoms. The van der Waals surface area contributed by atoms with Gasteiger partial charge in [-0.05, 0) is 24.6 Å². The first-order chi connectivity index (χ1) is 12.1. The summed E-state index contributed by atoms with van der Waals surface area (Å²) >= 11 is 0. The second-order valence-corrected chi connectivity index (χ2v) is 5.83. The van der Waals surface area contributed by atoms with Crippen LogP contribution in [0.3, 0.4) is 0 Å². The summed E-state index contributed by atoms with van der Waals surface area (Å²) in [6, 6.07) is 17.7. The van der Waals surface area contributed by atoms with Gasteiger partial charge in [-0.25, -0.2) is 9.97 Å². The Bertz CT molecular complexity index is 830. The summed E-state index contributed by atoms with van der Waals surface area (Å²) in [5, 5.41) is 3.16. The molecule has 0 spiro atoms. The molecule has 25 heavy (non-hydrogen) atoms. The van der Waals surface area contributed by atoms with E-state index >= 15 is 0 Å². The molecule has 0 unspecified atom stereocenters. The van der Waals surface area contributed by atoms with Gasteiger partial charge in [0.15, 0.2) is 0 Å². The second kappa shape index (κ2) is 7.57. The highest BCUT2D eigenvalue weighted by atomic mass is 16.2. The average Bonchev–Trinajstić information content (AvgIpc) is 2.67. The molecule has 1 amide bonds. The number of carbonyl (C=O) groups is 1. The Morgan fingerprint density at radius 1 is 1.00 bits per heavy atom. The minimum Gasteiger partial charge on any atom is -0.350 e. The van der Waals surface area contributed by atoms with Crippen LogP contribution in [-0.4, -0.2) is 22.9 Å². The van der Waals surface area contributed by atoms with Crippen molar-refractivity contribution in [1.29, 1.82) is 0 Å². The summed E-state index contributed by atoms with van der Waals surface area (Å²) in [6.07, 6.45) is 3.10. The summed E-state index contributed by atoms with van der Waals surface area (Å²) in [5.74, 6) is 0.357. The molecule has 3 aromatic rings.